The first kappa shape index (κ1) is 15.4. The third-order valence-electron chi connectivity index (χ3n) is 3.26. The van der Waals surface area contributed by atoms with Crippen LogP contribution in [0.25, 0.3) is 0 Å². The molecule has 0 aliphatic carbocycles. The Balaban J connectivity index is 2.01. The number of hydrogen-bond donors (Lipinski definition) is 1. The van der Waals surface area contributed by atoms with E-state index >= 15 is 0 Å². The molecule has 1 fully saturated rings. The predicted octanol–water partition coefficient (Wildman–Crippen LogP) is 1.29. The predicted molar refractivity (Wildman–Crippen MR) is 74.3 cm³/mol. The second kappa shape index (κ2) is 6.21. The van der Waals surface area contributed by atoms with Crippen LogP contribution in [-0.2, 0) is 19.5 Å². The van der Waals surface area contributed by atoms with Gasteiger partial charge in [0.1, 0.15) is 4.21 Å². The Morgan fingerprint density at radius 2 is 2.15 bits per heavy atom. The second-order valence-electron chi connectivity index (χ2n) is 4.76. The highest BCUT2D eigenvalue weighted by Gasteiger charge is 2.23. The van der Waals surface area contributed by atoms with Crippen LogP contribution in [0.15, 0.2) is 9.59 Å². The van der Waals surface area contributed by atoms with Crippen molar-refractivity contribution in [3.63, 3.8) is 0 Å². The summed E-state index contributed by atoms with van der Waals surface area (Å²) in [5.41, 5.74) is 0.626. The molecule has 20 heavy (non-hydrogen) atoms. The summed E-state index contributed by atoms with van der Waals surface area (Å²) in [5, 5.41) is 6.55. The van der Waals surface area contributed by atoms with Crippen molar-refractivity contribution in [3.05, 3.63) is 16.5 Å². The van der Waals surface area contributed by atoms with Crippen molar-refractivity contribution >= 4 is 27.3 Å². The molecule has 8 heteroatoms. The van der Waals surface area contributed by atoms with E-state index < -0.39 is 16.0 Å². The van der Waals surface area contributed by atoms with Crippen molar-refractivity contribution in [1.82, 2.24) is 0 Å². The van der Waals surface area contributed by atoms with Gasteiger partial charge in [0.15, 0.2) is 0 Å². The minimum Gasteiger partial charge on any atom is -0.462 e. The molecule has 2 heterocycles. The quantitative estimate of drug-likeness (QED) is 0.844. The first-order valence-corrected chi connectivity index (χ1v) is 8.68. The van der Waals surface area contributed by atoms with Gasteiger partial charge >= 0.3 is 5.97 Å². The third kappa shape index (κ3) is 3.57. The Kier molecular flexibility index (Phi) is 4.79. The van der Waals surface area contributed by atoms with Crippen LogP contribution in [0.2, 0.25) is 0 Å². The average molecular weight is 319 g/mol. The van der Waals surface area contributed by atoms with Gasteiger partial charge in [0.25, 0.3) is 0 Å². The maximum absolute atomic E-state index is 12.0. The average Bonchev–Trinajstić information content (AvgIpc) is 2.79. The van der Waals surface area contributed by atoms with E-state index in [1.807, 2.05) is 0 Å². The van der Waals surface area contributed by atoms with Gasteiger partial charge in [-0.15, -0.1) is 11.3 Å². The largest absolute Gasteiger partial charge is 0.462 e. The van der Waals surface area contributed by atoms with Gasteiger partial charge in [-0.2, -0.15) is 0 Å². The number of rotatable bonds is 4. The lowest BCUT2D eigenvalue weighted by atomic mass is 10.0. The molecule has 1 aromatic rings. The molecule has 1 saturated heterocycles. The Morgan fingerprint density at radius 1 is 1.50 bits per heavy atom. The summed E-state index contributed by atoms with van der Waals surface area (Å²) in [4.78, 5) is 12.0. The van der Waals surface area contributed by atoms with Crippen LogP contribution in [0.3, 0.4) is 0 Å². The van der Waals surface area contributed by atoms with Crippen molar-refractivity contribution in [2.24, 2.45) is 11.1 Å². The van der Waals surface area contributed by atoms with Crippen LogP contribution in [0.4, 0.5) is 0 Å². The molecule has 0 unspecified atom stereocenters. The number of hydrogen-bond acceptors (Lipinski definition) is 6. The molecular weight excluding hydrogens is 302 g/mol. The molecular formula is C12H17NO5S2. The molecule has 6 nitrogen and oxygen atoms in total. The number of ether oxygens (including phenoxy) is 2. The molecule has 112 valence electrons. The van der Waals surface area contributed by atoms with Gasteiger partial charge in [0.05, 0.1) is 12.2 Å². The van der Waals surface area contributed by atoms with E-state index in [0.717, 1.165) is 24.2 Å². The Hall–Kier alpha value is -0.960. The molecule has 0 radical (unpaired) electrons. The lowest BCUT2D eigenvalue weighted by molar-refractivity contribution is 0.0185. The fraction of sp³-hybridized carbons (Fsp3) is 0.583. The van der Waals surface area contributed by atoms with Crippen LogP contribution < -0.4 is 5.14 Å². The molecule has 0 saturated carbocycles. The van der Waals surface area contributed by atoms with Crippen molar-refractivity contribution in [3.8, 4) is 0 Å². The van der Waals surface area contributed by atoms with Gasteiger partial charge < -0.3 is 9.47 Å². The molecule has 2 N–H and O–H groups in total. The van der Waals surface area contributed by atoms with Crippen molar-refractivity contribution in [1.29, 1.82) is 0 Å². The highest BCUT2D eigenvalue weighted by molar-refractivity contribution is 7.91. The molecule has 1 aliphatic heterocycles. The summed E-state index contributed by atoms with van der Waals surface area (Å²) in [5.74, 6) is -0.190. The number of primary sulfonamides is 1. The minimum absolute atomic E-state index is 0.00974. The van der Waals surface area contributed by atoms with E-state index in [0.29, 0.717) is 31.3 Å². The van der Waals surface area contributed by atoms with E-state index in [4.69, 9.17) is 14.6 Å². The number of nitrogens with two attached hydrogens (primary N) is 1. The number of carbonyl (C=O) groups is 1. The van der Waals surface area contributed by atoms with Crippen molar-refractivity contribution in [2.45, 2.75) is 24.0 Å². The highest BCUT2D eigenvalue weighted by Crippen LogP contribution is 2.26. The Labute approximate surface area is 121 Å². The van der Waals surface area contributed by atoms with Crippen LogP contribution in [-0.4, -0.2) is 34.2 Å². The highest BCUT2D eigenvalue weighted by atomic mass is 32.2. The van der Waals surface area contributed by atoms with Crippen LogP contribution >= 0.6 is 11.3 Å². The lowest BCUT2D eigenvalue weighted by Crippen LogP contribution is -2.22. The van der Waals surface area contributed by atoms with Gasteiger partial charge in [0, 0.05) is 18.6 Å². The van der Waals surface area contributed by atoms with Gasteiger partial charge in [-0.25, -0.2) is 18.4 Å². The number of sulfonamides is 1. The molecule has 1 aromatic heterocycles. The molecule has 0 aromatic carbocycles. The topological polar surface area (TPSA) is 95.7 Å². The van der Waals surface area contributed by atoms with E-state index in [2.05, 4.69) is 0 Å². The molecule has 0 bridgehead atoms. The minimum atomic E-state index is -3.79. The Morgan fingerprint density at radius 3 is 2.70 bits per heavy atom. The van der Waals surface area contributed by atoms with Crippen molar-refractivity contribution < 1.29 is 22.7 Å². The monoisotopic (exact) mass is 319 g/mol. The summed E-state index contributed by atoms with van der Waals surface area (Å²) >= 11 is 0.939. The normalized spacial score (nSPS) is 17.1. The van der Waals surface area contributed by atoms with Crippen molar-refractivity contribution in [2.75, 3.05) is 19.8 Å². The second-order valence-corrected chi connectivity index (χ2v) is 7.40. The molecule has 2 rings (SSSR count). The lowest BCUT2D eigenvalue weighted by Gasteiger charge is -2.21. The van der Waals surface area contributed by atoms with Crippen LogP contribution in [0.1, 0.15) is 28.8 Å². The molecule has 0 spiro atoms. The first-order chi connectivity index (χ1) is 9.39. The molecule has 0 atom stereocenters. The van der Waals surface area contributed by atoms with Crippen LogP contribution in [0.5, 0.6) is 0 Å². The zero-order chi connectivity index (χ0) is 14.8. The summed E-state index contributed by atoms with van der Waals surface area (Å²) < 4.78 is 33.1. The summed E-state index contributed by atoms with van der Waals surface area (Å²) in [6, 6.07) is 0. The third-order valence-corrected chi connectivity index (χ3v) is 5.95. The maximum Gasteiger partial charge on any atom is 0.339 e. The van der Waals surface area contributed by atoms with Gasteiger partial charge in [-0.1, -0.05) is 0 Å². The van der Waals surface area contributed by atoms with E-state index in [-0.39, 0.29) is 9.77 Å². The van der Waals surface area contributed by atoms with Crippen LogP contribution in [0, 0.1) is 12.8 Å². The van der Waals surface area contributed by atoms with Gasteiger partial charge in [0.2, 0.25) is 10.0 Å². The van der Waals surface area contributed by atoms with E-state index in [1.54, 1.807) is 6.92 Å². The number of carbonyl (C=O) groups excluding carboxylic acids is 1. The van der Waals surface area contributed by atoms with E-state index in [1.165, 1.54) is 5.38 Å². The molecule has 0 amide bonds. The van der Waals surface area contributed by atoms with E-state index in [9.17, 15) is 13.2 Å². The number of esters is 1. The summed E-state index contributed by atoms with van der Waals surface area (Å²) in [6.45, 7) is 3.27. The number of thiophene rings is 1. The SMILES string of the molecule is Cc1c(C(=O)OCC2CCOCC2)csc1S(N)(=O)=O. The smallest absolute Gasteiger partial charge is 0.339 e. The zero-order valence-electron chi connectivity index (χ0n) is 11.1. The fourth-order valence-electron chi connectivity index (χ4n) is 2.07. The van der Waals surface area contributed by atoms with Gasteiger partial charge in [-0.05, 0) is 31.2 Å². The Bertz CT molecular complexity index is 587. The van der Waals surface area contributed by atoms with Gasteiger partial charge in [-0.3, -0.25) is 0 Å². The first-order valence-electron chi connectivity index (χ1n) is 6.25. The summed E-state index contributed by atoms with van der Waals surface area (Å²) in [7, 11) is -3.79. The molecule has 1 aliphatic rings. The summed E-state index contributed by atoms with van der Waals surface area (Å²) in [6.07, 6.45) is 1.75. The maximum atomic E-state index is 12.0. The standard InChI is InChI=1S/C12H17NO5S2/c1-8-10(7-19-12(8)20(13,15)16)11(14)18-6-9-2-4-17-5-3-9/h7,9H,2-6H2,1H3,(H2,13,15,16). The fourth-order valence-corrected chi connectivity index (χ4v) is 4.07. The zero-order valence-corrected chi connectivity index (χ0v) is 12.8.